The van der Waals surface area contributed by atoms with Gasteiger partial charge in [-0.05, 0) is 49.9 Å². The van der Waals surface area contributed by atoms with E-state index in [1.165, 1.54) is 25.7 Å². The Hall–Kier alpha value is -2.50. The molecule has 0 amide bonds. The van der Waals surface area contributed by atoms with Crippen molar-refractivity contribution in [2.45, 2.75) is 44.4 Å². The number of likely N-dealkylation sites (tertiary alicyclic amines) is 1. The first-order chi connectivity index (χ1) is 15.6. The lowest BCUT2D eigenvalue weighted by molar-refractivity contribution is -0.148. The third kappa shape index (κ3) is 7.57. The minimum atomic E-state index is -1.06. The number of nitrogens with zero attached hydrogens (tertiary/aromatic N) is 1. The summed E-state index contributed by atoms with van der Waals surface area (Å²) in [7, 11) is 0. The number of rotatable bonds is 12. The van der Waals surface area contributed by atoms with Crippen molar-refractivity contribution in [1.29, 1.82) is 0 Å². The minimum Gasteiger partial charge on any atom is -0.481 e. The third-order valence-corrected chi connectivity index (χ3v) is 6.33. The number of ketones is 1. The van der Waals surface area contributed by atoms with Crippen LogP contribution in [-0.2, 0) is 14.3 Å². The molecule has 32 heavy (non-hydrogen) atoms. The number of carbonyl (C=O) groups excluding carboxylic acids is 1. The fourth-order valence-electron chi connectivity index (χ4n) is 4.48. The summed E-state index contributed by atoms with van der Waals surface area (Å²) in [6.45, 7) is 3.29. The molecule has 2 aromatic rings. The Morgan fingerprint density at radius 1 is 0.844 bits per heavy atom. The Morgan fingerprint density at radius 3 is 1.94 bits per heavy atom. The molecular weight excluding hydrogens is 402 g/mol. The van der Waals surface area contributed by atoms with Gasteiger partial charge in [0.15, 0.2) is 5.78 Å². The highest BCUT2D eigenvalue weighted by Crippen LogP contribution is 2.30. The van der Waals surface area contributed by atoms with E-state index < -0.39 is 11.9 Å². The first-order valence-corrected chi connectivity index (χ1v) is 11.8. The Labute approximate surface area is 191 Å². The number of aliphatic carboxylic acids is 1. The second kappa shape index (κ2) is 13.1. The quantitative estimate of drug-likeness (QED) is 0.383. The largest absolute Gasteiger partial charge is 0.481 e. The lowest BCUT2D eigenvalue weighted by atomic mass is 9.84. The van der Waals surface area contributed by atoms with E-state index >= 15 is 0 Å². The molecule has 1 aliphatic rings. The van der Waals surface area contributed by atoms with E-state index in [-0.39, 0.29) is 24.7 Å². The number of carboxylic acid groups (broad SMARTS) is 1. The van der Waals surface area contributed by atoms with Crippen LogP contribution in [0.1, 0.15) is 55.6 Å². The topological polar surface area (TPSA) is 66.8 Å². The van der Waals surface area contributed by atoms with E-state index in [0.29, 0.717) is 13.0 Å². The Kier molecular flexibility index (Phi) is 9.92. The summed E-state index contributed by atoms with van der Waals surface area (Å²) in [5.74, 6) is -2.39. The molecule has 1 unspecified atom stereocenters. The highest BCUT2D eigenvalue weighted by atomic mass is 16.5. The van der Waals surface area contributed by atoms with E-state index in [4.69, 9.17) is 4.74 Å². The van der Waals surface area contributed by atoms with Crippen molar-refractivity contribution in [3.63, 3.8) is 0 Å². The summed E-state index contributed by atoms with van der Waals surface area (Å²) in [6.07, 6.45) is 5.86. The van der Waals surface area contributed by atoms with Crippen LogP contribution in [0.3, 0.4) is 0 Å². The smallest absolute Gasteiger partial charge is 0.314 e. The predicted molar refractivity (Wildman–Crippen MR) is 126 cm³/mol. The molecule has 2 aromatic carbocycles. The van der Waals surface area contributed by atoms with Crippen LogP contribution in [0.15, 0.2) is 60.7 Å². The van der Waals surface area contributed by atoms with E-state index in [1.54, 1.807) is 0 Å². The molecule has 172 valence electrons. The highest BCUT2D eigenvalue weighted by molar-refractivity contribution is 5.98. The molecule has 1 saturated heterocycles. The molecular formula is C27H35NO4. The second-order valence-electron chi connectivity index (χ2n) is 8.62. The van der Waals surface area contributed by atoms with Crippen molar-refractivity contribution in [2.75, 3.05) is 32.8 Å². The van der Waals surface area contributed by atoms with Crippen LogP contribution < -0.4 is 0 Å². The number of carboxylic acids is 1. The monoisotopic (exact) mass is 437 g/mol. The van der Waals surface area contributed by atoms with Crippen molar-refractivity contribution < 1.29 is 19.4 Å². The van der Waals surface area contributed by atoms with Crippen LogP contribution >= 0.6 is 0 Å². The molecule has 0 bridgehead atoms. The molecule has 0 aliphatic carbocycles. The van der Waals surface area contributed by atoms with Gasteiger partial charge in [0.05, 0.1) is 6.61 Å². The molecule has 0 aromatic heterocycles. The summed E-state index contributed by atoms with van der Waals surface area (Å²) in [4.78, 5) is 26.9. The maximum atomic E-state index is 12.7. The molecule has 5 heteroatoms. The van der Waals surface area contributed by atoms with Crippen molar-refractivity contribution in [2.24, 2.45) is 5.92 Å². The maximum absolute atomic E-state index is 12.7. The average Bonchev–Trinajstić information content (AvgIpc) is 3.09. The lowest BCUT2D eigenvalue weighted by Gasteiger charge is -2.21. The van der Waals surface area contributed by atoms with Crippen molar-refractivity contribution in [1.82, 2.24) is 4.90 Å². The molecule has 1 aliphatic heterocycles. The molecule has 0 saturated carbocycles. The van der Waals surface area contributed by atoms with Gasteiger partial charge in [-0.15, -0.1) is 0 Å². The van der Waals surface area contributed by atoms with Crippen molar-refractivity contribution >= 4 is 11.8 Å². The normalized spacial score (nSPS) is 15.9. The molecule has 3 rings (SSSR count). The molecule has 1 atom stereocenters. The summed E-state index contributed by atoms with van der Waals surface area (Å²) in [5.41, 5.74) is 2.26. The average molecular weight is 438 g/mol. The van der Waals surface area contributed by atoms with Crippen molar-refractivity contribution in [3.8, 4) is 0 Å². The van der Waals surface area contributed by atoms with Gasteiger partial charge in [0.1, 0.15) is 12.5 Å². The fraction of sp³-hybridized carbons (Fsp3) is 0.481. The first kappa shape index (κ1) is 24.1. The zero-order valence-electron chi connectivity index (χ0n) is 18.8. The maximum Gasteiger partial charge on any atom is 0.314 e. The van der Waals surface area contributed by atoms with Crippen LogP contribution in [0.25, 0.3) is 0 Å². The van der Waals surface area contributed by atoms with Gasteiger partial charge in [-0.1, -0.05) is 73.5 Å². The van der Waals surface area contributed by atoms with E-state index in [1.807, 2.05) is 36.4 Å². The van der Waals surface area contributed by atoms with E-state index in [0.717, 1.165) is 30.8 Å². The van der Waals surface area contributed by atoms with Crippen LogP contribution in [0.2, 0.25) is 0 Å². The number of benzene rings is 2. The number of carbonyl (C=O) groups is 2. The highest BCUT2D eigenvalue weighted by Gasteiger charge is 2.28. The zero-order valence-corrected chi connectivity index (χ0v) is 18.8. The molecule has 0 radical (unpaired) electrons. The summed E-state index contributed by atoms with van der Waals surface area (Å²) in [6, 6.07) is 20.1. The first-order valence-electron chi connectivity index (χ1n) is 11.8. The van der Waals surface area contributed by atoms with Gasteiger partial charge in [0, 0.05) is 12.5 Å². The summed E-state index contributed by atoms with van der Waals surface area (Å²) in [5, 5.41) is 9.70. The molecule has 0 spiro atoms. The molecule has 1 N–H and O–H groups in total. The second-order valence-corrected chi connectivity index (χ2v) is 8.62. The van der Waals surface area contributed by atoms with Gasteiger partial charge in [-0.2, -0.15) is 0 Å². The van der Waals surface area contributed by atoms with Gasteiger partial charge in [-0.25, -0.2) is 0 Å². The number of Topliss-reactive ketones (excluding diaryl/α,β-unsaturated/α-hetero) is 1. The van der Waals surface area contributed by atoms with E-state index in [9.17, 15) is 14.7 Å². The van der Waals surface area contributed by atoms with Gasteiger partial charge in [-0.3, -0.25) is 9.59 Å². The number of ether oxygens (including phenoxy) is 1. The predicted octanol–water partition coefficient (Wildman–Crippen LogP) is 4.76. The molecule has 1 fully saturated rings. The zero-order chi connectivity index (χ0) is 22.6. The molecule has 1 heterocycles. The van der Waals surface area contributed by atoms with Crippen molar-refractivity contribution in [3.05, 3.63) is 71.8 Å². The number of hydrogen-bond acceptors (Lipinski definition) is 4. The van der Waals surface area contributed by atoms with Crippen LogP contribution in [-0.4, -0.2) is 54.6 Å². The summed E-state index contributed by atoms with van der Waals surface area (Å²) >= 11 is 0. The van der Waals surface area contributed by atoms with Crippen LogP contribution in [0.5, 0.6) is 0 Å². The third-order valence-electron chi connectivity index (χ3n) is 6.33. The van der Waals surface area contributed by atoms with Gasteiger partial charge >= 0.3 is 5.97 Å². The Balaban J connectivity index is 1.53. The standard InChI is InChI=1S/C27H35NO4/c29-26(21-32-20-19-28-17-9-1-2-10-18-28)25(27(30)31)16-15-24(22-11-5-3-6-12-22)23-13-7-4-8-14-23/h3-8,11-14,24-25H,1-2,9-10,15-21H2,(H,30,31). The van der Waals surface area contributed by atoms with Gasteiger partial charge in [0.25, 0.3) is 0 Å². The fourth-order valence-corrected chi connectivity index (χ4v) is 4.48. The minimum absolute atomic E-state index is 0.0519. The Bertz CT molecular complexity index is 777. The van der Waals surface area contributed by atoms with Gasteiger partial charge in [0.2, 0.25) is 0 Å². The Morgan fingerprint density at radius 2 is 1.41 bits per heavy atom. The molecule has 5 nitrogen and oxygen atoms in total. The van der Waals surface area contributed by atoms with E-state index in [2.05, 4.69) is 29.2 Å². The number of hydrogen-bond donors (Lipinski definition) is 1. The lowest BCUT2D eigenvalue weighted by Crippen LogP contribution is -2.31. The SMILES string of the molecule is O=C(O)C(CCC(c1ccccc1)c1ccccc1)C(=O)COCCN1CCCCCC1. The van der Waals surface area contributed by atoms with Crippen LogP contribution in [0.4, 0.5) is 0 Å². The van der Waals surface area contributed by atoms with Crippen LogP contribution in [0, 0.1) is 5.92 Å². The summed E-state index contributed by atoms with van der Waals surface area (Å²) < 4.78 is 5.59. The van der Waals surface area contributed by atoms with Gasteiger partial charge < -0.3 is 14.7 Å².